The Balaban J connectivity index is 2.08. The molecule has 4 heteroatoms. The second-order valence-corrected chi connectivity index (χ2v) is 5.62. The van der Waals surface area contributed by atoms with Crippen molar-refractivity contribution < 1.29 is 9.59 Å². The zero-order chi connectivity index (χ0) is 17.1. The van der Waals surface area contributed by atoms with E-state index in [1.54, 1.807) is 6.08 Å². The number of hydrogen-bond acceptors (Lipinski definition) is 3. The van der Waals surface area contributed by atoms with E-state index < -0.39 is 0 Å². The third kappa shape index (κ3) is 2.86. The molecule has 0 fully saturated rings. The Morgan fingerprint density at radius 3 is 2.46 bits per heavy atom. The monoisotopic (exact) mass is 318 g/mol. The van der Waals surface area contributed by atoms with Crippen LogP contribution in [0.5, 0.6) is 0 Å². The van der Waals surface area contributed by atoms with Crippen LogP contribution in [-0.2, 0) is 9.59 Å². The molecule has 4 nitrogen and oxygen atoms in total. The molecule has 0 bridgehead atoms. The lowest BCUT2D eigenvalue weighted by Gasteiger charge is -2.12. The lowest BCUT2D eigenvalue weighted by Crippen LogP contribution is -2.32. The molecule has 3 rings (SSSR count). The highest BCUT2D eigenvalue weighted by Crippen LogP contribution is 2.30. The highest BCUT2D eigenvalue weighted by molar-refractivity contribution is 6.36. The van der Waals surface area contributed by atoms with E-state index in [0.717, 1.165) is 16.8 Å². The van der Waals surface area contributed by atoms with Gasteiger partial charge in [-0.2, -0.15) is 0 Å². The van der Waals surface area contributed by atoms with Gasteiger partial charge < -0.3 is 5.32 Å². The molecule has 0 spiro atoms. The van der Waals surface area contributed by atoms with Crippen molar-refractivity contribution in [1.29, 1.82) is 0 Å². The first kappa shape index (κ1) is 15.7. The van der Waals surface area contributed by atoms with Crippen molar-refractivity contribution >= 4 is 23.1 Å². The number of hydrogen-bond donors (Lipinski definition) is 1. The molecule has 1 aliphatic heterocycles. The van der Waals surface area contributed by atoms with E-state index in [-0.39, 0.29) is 18.4 Å². The molecule has 120 valence electrons. The fourth-order valence-corrected chi connectivity index (χ4v) is 2.73. The molecular formula is C20H18N2O2. The minimum atomic E-state index is -0.333. The normalized spacial score (nSPS) is 14.3. The summed E-state index contributed by atoms with van der Waals surface area (Å²) in [7, 11) is 0. The molecule has 2 amide bonds. The number of aryl methyl sites for hydroxylation is 1. The summed E-state index contributed by atoms with van der Waals surface area (Å²) in [5.74, 6) is -0.637. The maximum Gasteiger partial charge on any atom is 0.278 e. The number of rotatable bonds is 5. The molecule has 0 atom stereocenters. The molecule has 1 heterocycles. The zero-order valence-electron chi connectivity index (χ0n) is 13.5. The number of benzene rings is 2. The van der Waals surface area contributed by atoms with Crippen molar-refractivity contribution in [2.24, 2.45) is 0 Å². The lowest BCUT2D eigenvalue weighted by molar-refractivity contribution is -0.136. The van der Waals surface area contributed by atoms with Gasteiger partial charge in [0, 0.05) is 12.2 Å². The number of anilines is 1. The summed E-state index contributed by atoms with van der Waals surface area (Å²) in [5, 5.41) is 3.13. The quantitative estimate of drug-likeness (QED) is 0.679. The number of imide groups is 1. The molecule has 0 saturated heterocycles. The van der Waals surface area contributed by atoms with Crippen LogP contribution in [0.1, 0.15) is 11.1 Å². The standard InChI is InChI=1S/C20H18N2O2/c1-3-12-22-19(23)17(15-9-5-4-6-10-15)18(20(22)24)21-16-11-7-8-14(2)13-16/h3-11,13,21H,1,12H2,2H3. The van der Waals surface area contributed by atoms with Gasteiger partial charge in [0.2, 0.25) is 0 Å². The van der Waals surface area contributed by atoms with Crippen LogP contribution in [0.2, 0.25) is 0 Å². The van der Waals surface area contributed by atoms with Gasteiger partial charge in [-0.3, -0.25) is 14.5 Å². The van der Waals surface area contributed by atoms with Crippen LogP contribution < -0.4 is 5.32 Å². The first-order chi connectivity index (χ1) is 11.6. The van der Waals surface area contributed by atoms with Gasteiger partial charge in [-0.25, -0.2) is 0 Å². The van der Waals surface area contributed by atoms with Crippen LogP contribution in [-0.4, -0.2) is 23.3 Å². The van der Waals surface area contributed by atoms with Gasteiger partial charge in [-0.05, 0) is 30.2 Å². The maximum atomic E-state index is 12.7. The predicted octanol–water partition coefficient (Wildman–Crippen LogP) is 3.37. The average Bonchev–Trinajstić information content (AvgIpc) is 2.81. The summed E-state index contributed by atoms with van der Waals surface area (Å²) in [5.41, 5.74) is 3.27. The molecule has 0 aliphatic carbocycles. The number of carbonyl (C=O) groups excluding carboxylic acids is 2. The molecule has 2 aromatic carbocycles. The Bertz CT molecular complexity index is 838. The summed E-state index contributed by atoms with van der Waals surface area (Å²) in [4.78, 5) is 26.7. The average molecular weight is 318 g/mol. The van der Waals surface area contributed by atoms with E-state index in [1.165, 1.54) is 4.90 Å². The van der Waals surface area contributed by atoms with Crippen LogP contribution in [0.3, 0.4) is 0 Å². The van der Waals surface area contributed by atoms with E-state index in [2.05, 4.69) is 11.9 Å². The fraction of sp³-hybridized carbons (Fsp3) is 0.100. The van der Waals surface area contributed by atoms with E-state index in [9.17, 15) is 9.59 Å². The Hall–Kier alpha value is -3.14. The Morgan fingerprint density at radius 1 is 1.04 bits per heavy atom. The van der Waals surface area contributed by atoms with Crippen molar-refractivity contribution in [2.75, 3.05) is 11.9 Å². The number of carbonyl (C=O) groups is 2. The van der Waals surface area contributed by atoms with Crippen LogP contribution >= 0.6 is 0 Å². The second kappa shape index (κ2) is 6.54. The molecule has 0 radical (unpaired) electrons. The highest BCUT2D eigenvalue weighted by Gasteiger charge is 2.38. The largest absolute Gasteiger partial charge is 0.350 e. The summed E-state index contributed by atoms with van der Waals surface area (Å²) in [6.45, 7) is 5.79. The third-order valence-corrected chi connectivity index (χ3v) is 3.83. The fourth-order valence-electron chi connectivity index (χ4n) is 2.73. The predicted molar refractivity (Wildman–Crippen MR) is 95.1 cm³/mol. The molecule has 24 heavy (non-hydrogen) atoms. The van der Waals surface area contributed by atoms with E-state index in [4.69, 9.17) is 0 Å². The highest BCUT2D eigenvalue weighted by atomic mass is 16.2. The van der Waals surface area contributed by atoms with E-state index in [0.29, 0.717) is 11.3 Å². The minimum Gasteiger partial charge on any atom is -0.350 e. The van der Waals surface area contributed by atoms with Gasteiger partial charge in [0.25, 0.3) is 11.8 Å². The van der Waals surface area contributed by atoms with Crippen LogP contribution in [0, 0.1) is 6.92 Å². The summed E-state index contributed by atoms with van der Waals surface area (Å²) in [6.07, 6.45) is 1.55. The molecule has 0 saturated carbocycles. The second-order valence-electron chi connectivity index (χ2n) is 5.62. The number of nitrogens with one attached hydrogen (secondary N) is 1. The summed E-state index contributed by atoms with van der Waals surface area (Å²) >= 11 is 0. The Morgan fingerprint density at radius 2 is 1.79 bits per heavy atom. The topological polar surface area (TPSA) is 49.4 Å². The number of nitrogens with zero attached hydrogens (tertiary/aromatic N) is 1. The molecular weight excluding hydrogens is 300 g/mol. The van der Waals surface area contributed by atoms with Crippen molar-refractivity contribution in [3.8, 4) is 0 Å². The van der Waals surface area contributed by atoms with Gasteiger partial charge in [0.15, 0.2) is 0 Å². The molecule has 1 aliphatic rings. The van der Waals surface area contributed by atoms with Crippen molar-refractivity contribution in [3.63, 3.8) is 0 Å². The molecule has 0 unspecified atom stereocenters. The van der Waals surface area contributed by atoms with E-state index >= 15 is 0 Å². The maximum absolute atomic E-state index is 12.7. The van der Waals surface area contributed by atoms with E-state index in [1.807, 2.05) is 61.5 Å². The van der Waals surface area contributed by atoms with Crippen LogP contribution in [0.25, 0.3) is 5.57 Å². The molecule has 0 aromatic heterocycles. The first-order valence-electron chi connectivity index (χ1n) is 7.72. The van der Waals surface area contributed by atoms with Gasteiger partial charge in [-0.15, -0.1) is 6.58 Å². The van der Waals surface area contributed by atoms with Crippen LogP contribution in [0.15, 0.2) is 72.9 Å². The lowest BCUT2D eigenvalue weighted by atomic mass is 10.0. The van der Waals surface area contributed by atoms with Crippen molar-refractivity contribution in [3.05, 3.63) is 84.1 Å². The van der Waals surface area contributed by atoms with Gasteiger partial charge in [-0.1, -0.05) is 48.5 Å². The molecule has 1 N–H and O–H groups in total. The smallest absolute Gasteiger partial charge is 0.278 e. The Kier molecular flexibility index (Phi) is 4.29. The molecule has 2 aromatic rings. The van der Waals surface area contributed by atoms with Gasteiger partial charge in [0.1, 0.15) is 5.70 Å². The minimum absolute atomic E-state index is 0.187. The van der Waals surface area contributed by atoms with Gasteiger partial charge >= 0.3 is 0 Å². The van der Waals surface area contributed by atoms with Crippen molar-refractivity contribution in [2.45, 2.75) is 6.92 Å². The first-order valence-corrected chi connectivity index (χ1v) is 7.72. The van der Waals surface area contributed by atoms with Crippen molar-refractivity contribution in [1.82, 2.24) is 4.90 Å². The summed E-state index contributed by atoms with van der Waals surface area (Å²) in [6, 6.07) is 16.9. The zero-order valence-corrected chi connectivity index (χ0v) is 13.5. The third-order valence-electron chi connectivity index (χ3n) is 3.83. The number of amides is 2. The SMILES string of the molecule is C=CCN1C(=O)C(Nc2cccc(C)c2)=C(c2ccccc2)C1=O. The summed E-state index contributed by atoms with van der Waals surface area (Å²) < 4.78 is 0. The Labute approximate surface area is 141 Å². The van der Waals surface area contributed by atoms with Gasteiger partial charge in [0.05, 0.1) is 5.57 Å². The van der Waals surface area contributed by atoms with Crippen LogP contribution in [0.4, 0.5) is 5.69 Å².